The molecule has 1 fully saturated rings. The van der Waals surface area contributed by atoms with E-state index in [1.807, 2.05) is 18.2 Å². The molecular formula is C17H25N2O5P. The van der Waals surface area contributed by atoms with Crippen LogP contribution in [0.5, 0.6) is 0 Å². The Labute approximate surface area is 147 Å². The minimum atomic E-state index is -4.21. The van der Waals surface area contributed by atoms with E-state index in [4.69, 9.17) is 9.79 Å². The summed E-state index contributed by atoms with van der Waals surface area (Å²) in [6.07, 6.45) is 1.17. The maximum absolute atomic E-state index is 12.7. The van der Waals surface area contributed by atoms with Gasteiger partial charge in [-0.2, -0.15) is 0 Å². The van der Waals surface area contributed by atoms with Crippen molar-refractivity contribution in [2.45, 2.75) is 38.1 Å². The van der Waals surface area contributed by atoms with Crippen molar-refractivity contribution in [3.63, 3.8) is 0 Å². The highest BCUT2D eigenvalue weighted by molar-refractivity contribution is 7.51. The first-order valence-electron chi connectivity index (χ1n) is 8.41. The van der Waals surface area contributed by atoms with E-state index in [2.05, 4.69) is 17.4 Å². The fourth-order valence-corrected chi connectivity index (χ4v) is 3.77. The van der Waals surface area contributed by atoms with Crippen LogP contribution in [0.25, 0.3) is 0 Å². The van der Waals surface area contributed by atoms with Gasteiger partial charge in [0, 0.05) is 20.0 Å². The monoisotopic (exact) mass is 368 g/mol. The molecule has 0 radical (unpaired) electrons. The maximum atomic E-state index is 12.7. The number of hydrogen-bond acceptors (Lipinski definition) is 3. The van der Waals surface area contributed by atoms with Crippen LogP contribution in [0, 0.1) is 0 Å². The summed E-state index contributed by atoms with van der Waals surface area (Å²) in [5, 5.41) is 2.52. The summed E-state index contributed by atoms with van der Waals surface area (Å²) in [5.41, 5.74) is 1.26. The SMILES string of the molecule is CC(=O)NC(CCP(=O)(O)O)C(=O)N1CCC(c2ccccc2)CC1. The molecule has 25 heavy (non-hydrogen) atoms. The molecule has 7 nitrogen and oxygen atoms in total. The summed E-state index contributed by atoms with van der Waals surface area (Å²) in [6, 6.07) is 9.26. The number of likely N-dealkylation sites (tertiary alicyclic amines) is 1. The highest BCUT2D eigenvalue weighted by Crippen LogP contribution is 2.35. The molecule has 1 saturated heterocycles. The molecule has 1 aliphatic heterocycles. The summed E-state index contributed by atoms with van der Waals surface area (Å²) in [6.45, 7) is 2.44. The Kier molecular flexibility index (Phi) is 6.76. The zero-order valence-electron chi connectivity index (χ0n) is 14.3. The lowest BCUT2D eigenvalue weighted by molar-refractivity contribution is -0.137. The molecule has 0 spiro atoms. The van der Waals surface area contributed by atoms with Crippen LogP contribution >= 0.6 is 7.60 Å². The number of nitrogens with one attached hydrogen (secondary N) is 1. The molecule has 1 atom stereocenters. The predicted molar refractivity (Wildman–Crippen MR) is 94.1 cm³/mol. The molecular weight excluding hydrogens is 343 g/mol. The van der Waals surface area contributed by atoms with Gasteiger partial charge in [0.15, 0.2) is 0 Å². The highest BCUT2D eigenvalue weighted by atomic mass is 31.2. The van der Waals surface area contributed by atoms with E-state index in [-0.39, 0.29) is 18.2 Å². The molecule has 2 rings (SSSR count). The van der Waals surface area contributed by atoms with Gasteiger partial charge in [-0.3, -0.25) is 14.2 Å². The molecule has 0 aromatic heterocycles. The number of carbonyl (C=O) groups is 2. The average Bonchev–Trinajstić information content (AvgIpc) is 2.58. The number of nitrogens with zero attached hydrogens (tertiary/aromatic N) is 1. The summed E-state index contributed by atoms with van der Waals surface area (Å²) >= 11 is 0. The minimum absolute atomic E-state index is 0.0681. The maximum Gasteiger partial charge on any atom is 0.325 e. The van der Waals surface area contributed by atoms with Gasteiger partial charge in [0.1, 0.15) is 6.04 Å². The van der Waals surface area contributed by atoms with Gasteiger partial charge in [0.2, 0.25) is 11.8 Å². The van der Waals surface area contributed by atoms with Crippen molar-refractivity contribution in [1.29, 1.82) is 0 Å². The molecule has 1 aromatic rings. The number of benzene rings is 1. The molecule has 0 saturated carbocycles. The van der Waals surface area contributed by atoms with Crippen LogP contribution in [0.2, 0.25) is 0 Å². The molecule has 1 aliphatic rings. The molecule has 1 unspecified atom stereocenters. The van der Waals surface area contributed by atoms with Crippen molar-refractivity contribution in [2.24, 2.45) is 0 Å². The van der Waals surface area contributed by atoms with Gasteiger partial charge in [0.05, 0.1) is 6.16 Å². The smallest absolute Gasteiger partial charge is 0.325 e. The van der Waals surface area contributed by atoms with Crippen molar-refractivity contribution in [3.05, 3.63) is 35.9 Å². The van der Waals surface area contributed by atoms with E-state index in [1.54, 1.807) is 4.90 Å². The van der Waals surface area contributed by atoms with Crippen LogP contribution < -0.4 is 5.32 Å². The van der Waals surface area contributed by atoms with Crippen LogP contribution in [0.15, 0.2) is 30.3 Å². The van der Waals surface area contributed by atoms with E-state index in [0.29, 0.717) is 19.0 Å². The van der Waals surface area contributed by atoms with Crippen LogP contribution in [-0.4, -0.2) is 51.8 Å². The third kappa shape index (κ3) is 6.27. The van der Waals surface area contributed by atoms with Gasteiger partial charge in [-0.05, 0) is 30.7 Å². The number of carbonyl (C=O) groups excluding carboxylic acids is 2. The highest BCUT2D eigenvalue weighted by Gasteiger charge is 2.30. The molecule has 2 amide bonds. The summed E-state index contributed by atoms with van der Waals surface area (Å²) < 4.78 is 11.1. The van der Waals surface area contributed by atoms with Gasteiger partial charge >= 0.3 is 7.60 Å². The van der Waals surface area contributed by atoms with Crippen LogP contribution in [0.3, 0.4) is 0 Å². The predicted octanol–water partition coefficient (Wildman–Crippen LogP) is 1.47. The molecule has 8 heteroatoms. The fourth-order valence-electron chi connectivity index (χ4n) is 3.18. The number of piperidine rings is 1. The first-order chi connectivity index (χ1) is 11.8. The first-order valence-corrected chi connectivity index (χ1v) is 10.2. The Morgan fingerprint density at radius 3 is 2.36 bits per heavy atom. The van der Waals surface area contributed by atoms with Crippen molar-refractivity contribution >= 4 is 19.4 Å². The summed E-state index contributed by atoms with van der Waals surface area (Å²) in [5.74, 6) is -0.252. The van der Waals surface area contributed by atoms with Crippen molar-refractivity contribution in [2.75, 3.05) is 19.3 Å². The Morgan fingerprint density at radius 2 is 1.84 bits per heavy atom. The number of hydrogen-bond donors (Lipinski definition) is 3. The summed E-state index contributed by atoms with van der Waals surface area (Å²) in [7, 11) is -4.21. The molecule has 0 aliphatic carbocycles. The number of rotatable bonds is 6. The Balaban J connectivity index is 1.95. The van der Waals surface area contributed by atoms with Crippen LogP contribution in [0.4, 0.5) is 0 Å². The Morgan fingerprint density at radius 1 is 1.24 bits per heavy atom. The fraction of sp³-hybridized carbons (Fsp3) is 0.529. The van der Waals surface area contributed by atoms with E-state index >= 15 is 0 Å². The zero-order valence-corrected chi connectivity index (χ0v) is 15.2. The molecule has 1 heterocycles. The molecule has 0 bridgehead atoms. The van der Waals surface area contributed by atoms with E-state index in [1.165, 1.54) is 12.5 Å². The third-order valence-electron chi connectivity index (χ3n) is 4.46. The second kappa shape index (κ2) is 8.61. The lowest BCUT2D eigenvalue weighted by atomic mass is 9.89. The van der Waals surface area contributed by atoms with E-state index in [0.717, 1.165) is 12.8 Å². The standard InChI is InChI=1S/C17H25N2O5P/c1-13(20)18-16(9-12-25(22,23)24)17(21)19-10-7-15(8-11-19)14-5-3-2-4-6-14/h2-6,15-16H,7-12H2,1H3,(H,18,20)(H2,22,23,24). The first kappa shape index (κ1) is 19.6. The average molecular weight is 368 g/mol. The second-order valence-electron chi connectivity index (χ2n) is 6.44. The van der Waals surface area contributed by atoms with Gasteiger partial charge < -0.3 is 20.0 Å². The van der Waals surface area contributed by atoms with Gasteiger partial charge in [0.25, 0.3) is 0 Å². The van der Waals surface area contributed by atoms with Gasteiger partial charge in [-0.15, -0.1) is 0 Å². The molecule has 138 valence electrons. The van der Waals surface area contributed by atoms with Crippen LogP contribution in [-0.2, 0) is 14.2 Å². The summed E-state index contributed by atoms with van der Waals surface area (Å²) in [4.78, 5) is 43.7. The van der Waals surface area contributed by atoms with E-state index in [9.17, 15) is 14.2 Å². The quantitative estimate of drug-likeness (QED) is 0.659. The van der Waals surface area contributed by atoms with Crippen molar-refractivity contribution in [1.82, 2.24) is 10.2 Å². The third-order valence-corrected chi connectivity index (χ3v) is 5.30. The number of amides is 2. The largest absolute Gasteiger partial charge is 0.345 e. The molecule has 3 N–H and O–H groups in total. The lowest BCUT2D eigenvalue weighted by Gasteiger charge is -2.34. The lowest BCUT2D eigenvalue weighted by Crippen LogP contribution is -2.50. The second-order valence-corrected chi connectivity index (χ2v) is 8.22. The Hall–Kier alpha value is -1.69. The van der Waals surface area contributed by atoms with E-state index < -0.39 is 19.8 Å². The topological polar surface area (TPSA) is 107 Å². The van der Waals surface area contributed by atoms with Gasteiger partial charge in [-0.25, -0.2) is 0 Å². The molecule has 1 aromatic carbocycles. The van der Waals surface area contributed by atoms with Crippen molar-refractivity contribution < 1.29 is 23.9 Å². The Bertz CT molecular complexity index is 638. The minimum Gasteiger partial charge on any atom is -0.345 e. The van der Waals surface area contributed by atoms with Crippen molar-refractivity contribution in [3.8, 4) is 0 Å². The normalized spacial score (nSPS) is 17.2. The zero-order chi connectivity index (χ0) is 18.4. The van der Waals surface area contributed by atoms with Gasteiger partial charge in [-0.1, -0.05) is 30.3 Å². The van der Waals surface area contributed by atoms with Crippen LogP contribution in [0.1, 0.15) is 37.7 Å².